The van der Waals surface area contributed by atoms with Crippen LogP contribution in [-0.2, 0) is 6.61 Å². The molecule has 0 saturated carbocycles. The highest BCUT2D eigenvalue weighted by Gasteiger charge is 2.12. The number of nitrogens with zero attached hydrogens (tertiary/aromatic N) is 1. The van der Waals surface area contributed by atoms with E-state index in [1.54, 1.807) is 6.07 Å². The molecular formula is C13H9BrFNO4. The molecule has 0 aliphatic heterocycles. The van der Waals surface area contributed by atoms with Gasteiger partial charge < -0.3 is 9.84 Å². The quantitative estimate of drug-likeness (QED) is 0.678. The molecule has 2 aromatic carbocycles. The lowest BCUT2D eigenvalue weighted by atomic mass is 10.2. The molecule has 0 unspecified atom stereocenters. The maximum absolute atomic E-state index is 13.2. The standard InChI is InChI=1S/C13H9BrFNO4/c14-9-4-10(15)6-12(5-9)20-13-2-1-11(16(18)19)3-8(13)7-17/h1-6,17H,7H2. The van der Waals surface area contributed by atoms with E-state index < -0.39 is 17.3 Å². The van der Waals surface area contributed by atoms with E-state index in [1.807, 2.05) is 0 Å². The third kappa shape index (κ3) is 3.31. The van der Waals surface area contributed by atoms with Crippen LogP contribution in [0.4, 0.5) is 10.1 Å². The van der Waals surface area contributed by atoms with Crippen molar-refractivity contribution in [3.63, 3.8) is 0 Å². The first kappa shape index (κ1) is 14.4. The molecule has 0 bridgehead atoms. The van der Waals surface area contributed by atoms with Crippen molar-refractivity contribution < 1.29 is 19.2 Å². The molecule has 5 nitrogen and oxygen atoms in total. The van der Waals surface area contributed by atoms with Gasteiger partial charge in [-0.2, -0.15) is 0 Å². The van der Waals surface area contributed by atoms with Crippen molar-refractivity contribution in [1.29, 1.82) is 0 Å². The van der Waals surface area contributed by atoms with E-state index in [0.29, 0.717) is 4.47 Å². The van der Waals surface area contributed by atoms with Crippen molar-refractivity contribution in [2.24, 2.45) is 0 Å². The average Bonchev–Trinajstić information content (AvgIpc) is 2.37. The summed E-state index contributed by atoms with van der Waals surface area (Å²) in [5.74, 6) is -0.0298. The molecule has 0 atom stereocenters. The summed E-state index contributed by atoms with van der Waals surface area (Å²) in [5.41, 5.74) is 0.0985. The average molecular weight is 342 g/mol. The van der Waals surface area contributed by atoms with Crippen LogP contribution < -0.4 is 4.74 Å². The minimum atomic E-state index is -0.568. The first-order valence-corrected chi connectivity index (χ1v) is 6.31. The number of ether oxygens (including phenoxy) is 1. The van der Waals surface area contributed by atoms with E-state index in [9.17, 15) is 19.6 Å². The lowest BCUT2D eigenvalue weighted by molar-refractivity contribution is -0.385. The summed E-state index contributed by atoms with van der Waals surface area (Å²) in [5, 5.41) is 19.9. The largest absolute Gasteiger partial charge is 0.457 e. The molecule has 20 heavy (non-hydrogen) atoms. The zero-order valence-corrected chi connectivity index (χ0v) is 11.6. The molecule has 7 heteroatoms. The van der Waals surface area contributed by atoms with Crippen LogP contribution in [0.2, 0.25) is 0 Å². The summed E-state index contributed by atoms with van der Waals surface area (Å²) in [6.45, 7) is -0.423. The van der Waals surface area contributed by atoms with Gasteiger partial charge in [0.2, 0.25) is 0 Å². The molecule has 0 aliphatic carbocycles. The number of nitro groups is 1. The van der Waals surface area contributed by atoms with Gasteiger partial charge in [-0.05, 0) is 18.2 Å². The van der Waals surface area contributed by atoms with E-state index in [2.05, 4.69) is 15.9 Å². The summed E-state index contributed by atoms with van der Waals surface area (Å²) in [6, 6.07) is 7.82. The Bertz CT molecular complexity index is 643. The molecule has 104 valence electrons. The maximum Gasteiger partial charge on any atom is 0.270 e. The van der Waals surface area contributed by atoms with Gasteiger partial charge in [-0.1, -0.05) is 15.9 Å². The lowest BCUT2D eigenvalue weighted by Crippen LogP contribution is -1.95. The summed E-state index contributed by atoms with van der Waals surface area (Å²) in [4.78, 5) is 10.1. The Balaban J connectivity index is 2.35. The molecule has 0 radical (unpaired) electrons. The normalized spacial score (nSPS) is 10.3. The second kappa shape index (κ2) is 5.98. The van der Waals surface area contributed by atoms with Gasteiger partial charge in [-0.25, -0.2) is 4.39 Å². The highest BCUT2D eigenvalue weighted by molar-refractivity contribution is 9.10. The molecule has 0 aromatic heterocycles. The van der Waals surface area contributed by atoms with Crippen LogP contribution in [0.1, 0.15) is 5.56 Å². The van der Waals surface area contributed by atoms with E-state index in [1.165, 1.54) is 30.3 Å². The minimum absolute atomic E-state index is 0.151. The lowest BCUT2D eigenvalue weighted by Gasteiger charge is -2.10. The third-order valence-electron chi connectivity index (χ3n) is 2.49. The van der Waals surface area contributed by atoms with Crippen molar-refractivity contribution in [1.82, 2.24) is 0 Å². The summed E-state index contributed by atoms with van der Waals surface area (Å²) in [6.07, 6.45) is 0. The van der Waals surface area contributed by atoms with Crippen LogP contribution in [0.25, 0.3) is 0 Å². The predicted octanol–water partition coefficient (Wildman–Crippen LogP) is 3.78. The number of aliphatic hydroxyl groups is 1. The number of hydrogen-bond acceptors (Lipinski definition) is 4. The first-order chi connectivity index (χ1) is 9.49. The van der Waals surface area contributed by atoms with Crippen molar-refractivity contribution in [3.05, 3.63) is 62.4 Å². The number of benzene rings is 2. The van der Waals surface area contributed by atoms with Crippen molar-refractivity contribution in [2.75, 3.05) is 0 Å². The minimum Gasteiger partial charge on any atom is -0.457 e. The Morgan fingerprint density at radius 1 is 1.30 bits per heavy atom. The molecule has 0 fully saturated rings. The van der Waals surface area contributed by atoms with Gasteiger partial charge in [0.1, 0.15) is 17.3 Å². The number of aliphatic hydroxyl groups excluding tert-OH is 1. The van der Waals surface area contributed by atoms with Crippen LogP contribution in [0, 0.1) is 15.9 Å². The Morgan fingerprint density at radius 2 is 2.05 bits per heavy atom. The third-order valence-corrected chi connectivity index (χ3v) is 2.95. The topological polar surface area (TPSA) is 72.6 Å². The second-order valence-corrected chi connectivity index (χ2v) is 4.83. The summed E-state index contributed by atoms with van der Waals surface area (Å²) in [7, 11) is 0. The van der Waals surface area contributed by atoms with Gasteiger partial charge in [-0.15, -0.1) is 0 Å². The Hall–Kier alpha value is -1.99. The highest BCUT2D eigenvalue weighted by atomic mass is 79.9. The van der Waals surface area contributed by atoms with Crippen LogP contribution in [0.5, 0.6) is 11.5 Å². The zero-order valence-electron chi connectivity index (χ0n) is 10.0. The Labute approximate surface area is 121 Å². The first-order valence-electron chi connectivity index (χ1n) is 5.51. The van der Waals surface area contributed by atoms with E-state index in [0.717, 1.165) is 0 Å². The Kier molecular flexibility index (Phi) is 4.31. The maximum atomic E-state index is 13.2. The number of nitro benzene ring substituents is 1. The number of halogens is 2. The predicted molar refractivity (Wildman–Crippen MR) is 73.2 cm³/mol. The monoisotopic (exact) mass is 341 g/mol. The Morgan fingerprint density at radius 3 is 2.65 bits per heavy atom. The van der Waals surface area contributed by atoms with Crippen LogP contribution >= 0.6 is 15.9 Å². The molecular weight excluding hydrogens is 333 g/mol. The fraction of sp³-hybridized carbons (Fsp3) is 0.0769. The summed E-state index contributed by atoms with van der Waals surface area (Å²) < 4.78 is 19.2. The molecule has 2 aromatic rings. The van der Waals surface area contributed by atoms with E-state index >= 15 is 0 Å². The van der Waals surface area contributed by atoms with Crippen molar-refractivity contribution >= 4 is 21.6 Å². The van der Waals surface area contributed by atoms with Gasteiger partial charge in [0.25, 0.3) is 5.69 Å². The van der Waals surface area contributed by atoms with Crippen LogP contribution in [0.15, 0.2) is 40.9 Å². The second-order valence-electron chi connectivity index (χ2n) is 3.91. The molecule has 0 amide bonds. The van der Waals surface area contributed by atoms with Crippen molar-refractivity contribution in [2.45, 2.75) is 6.61 Å². The van der Waals surface area contributed by atoms with Crippen molar-refractivity contribution in [3.8, 4) is 11.5 Å². The molecule has 0 spiro atoms. The van der Waals surface area contributed by atoms with E-state index in [-0.39, 0.29) is 22.7 Å². The zero-order chi connectivity index (χ0) is 14.7. The molecule has 0 saturated heterocycles. The van der Waals surface area contributed by atoms with Gasteiger partial charge in [0, 0.05) is 28.2 Å². The van der Waals surface area contributed by atoms with E-state index in [4.69, 9.17) is 4.74 Å². The number of hydrogen-bond donors (Lipinski definition) is 1. The van der Waals surface area contributed by atoms with Crippen LogP contribution in [-0.4, -0.2) is 10.0 Å². The van der Waals surface area contributed by atoms with Gasteiger partial charge >= 0.3 is 0 Å². The SMILES string of the molecule is O=[N+]([O-])c1ccc(Oc2cc(F)cc(Br)c2)c(CO)c1. The molecule has 1 N–H and O–H groups in total. The highest BCUT2D eigenvalue weighted by Crippen LogP contribution is 2.30. The van der Waals surface area contributed by atoms with Gasteiger partial charge in [-0.3, -0.25) is 10.1 Å². The number of non-ortho nitro benzene ring substituents is 1. The van der Waals surface area contributed by atoms with Gasteiger partial charge in [0.05, 0.1) is 11.5 Å². The molecule has 0 heterocycles. The number of rotatable bonds is 4. The smallest absolute Gasteiger partial charge is 0.270 e. The van der Waals surface area contributed by atoms with Crippen LogP contribution in [0.3, 0.4) is 0 Å². The fourth-order valence-corrected chi connectivity index (χ4v) is 2.06. The van der Waals surface area contributed by atoms with Gasteiger partial charge in [0.15, 0.2) is 0 Å². The summed E-state index contributed by atoms with van der Waals surface area (Å²) >= 11 is 3.13. The fourth-order valence-electron chi connectivity index (χ4n) is 1.62. The molecule has 0 aliphatic rings. The molecule has 2 rings (SSSR count).